The van der Waals surface area contributed by atoms with Crippen LogP contribution in [0.3, 0.4) is 0 Å². The van der Waals surface area contributed by atoms with Crippen molar-refractivity contribution in [1.82, 2.24) is 0 Å². The Balaban J connectivity index is 1.76. The summed E-state index contributed by atoms with van der Waals surface area (Å²) >= 11 is 0. The highest BCUT2D eigenvalue weighted by Crippen LogP contribution is 2.53. The first-order valence-corrected chi connectivity index (χ1v) is 9.65. The number of aliphatic hydroxyl groups is 1. The summed E-state index contributed by atoms with van der Waals surface area (Å²) in [4.78, 5) is 22.6. The molecule has 7 heteroatoms. The van der Waals surface area contributed by atoms with Crippen LogP contribution in [0.25, 0.3) is 0 Å². The number of hydrogen-bond donors (Lipinski definition) is 2. The maximum absolute atomic E-state index is 12.0. The molecule has 8 atom stereocenters. The molecule has 2 saturated heterocycles. The van der Waals surface area contributed by atoms with Crippen LogP contribution in [0.4, 0.5) is 0 Å². The Bertz CT molecular complexity index is 546. The lowest BCUT2D eigenvalue weighted by Crippen LogP contribution is -2.54. The van der Waals surface area contributed by atoms with Gasteiger partial charge in [0.2, 0.25) is 6.29 Å². The molecule has 3 fully saturated rings. The number of ether oxygens (including phenoxy) is 3. The van der Waals surface area contributed by atoms with Crippen molar-refractivity contribution in [2.24, 2.45) is 29.6 Å². The number of carbonyl (C=O) groups is 2. The summed E-state index contributed by atoms with van der Waals surface area (Å²) in [5.41, 5.74) is 0. The van der Waals surface area contributed by atoms with Gasteiger partial charge in [0.05, 0.1) is 12.8 Å². The van der Waals surface area contributed by atoms with E-state index in [1.807, 2.05) is 6.92 Å². The Labute approximate surface area is 154 Å². The Morgan fingerprint density at radius 3 is 2.58 bits per heavy atom. The molecule has 0 amide bonds. The molecule has 0 spiro atoms. The fraction of sp³-hybridized carbons (Fsp3) is 0.895. The highest BCUT2D eigenvalue weighted by molar-refractivity contribution is 5.76. The third-order valence-corrected chi connectivity index (χ3v) is 6.46. The van der Waals surface area contributed by atoms with Crippen molar-refractivity contribution >= 4 is 11.9 Å². The van der Waals surface area contributed by atoms with Crippen LogP contribution in [-0.4, -0.2) is 40.5 Å². The van der Waals surface area contributed by atoms with Crippen molar-refractivity contribution in [3.8, 4) is 0 Å². The number of aliphatic carboxylic acids is 1. The predicted molar refractivity (Wildman–Crippen MR) is 90.6 cm³/mol. The van der Waals surface area contributed by atoms with E-state index in [1.54, 1.807) is 6.92 Å². The molecule has 1 unspecified atom stereocenters. The number of rotatable bonds is 4. The van der Waals surface area contributed by atoms with Crippen molar-refractivity contribution in [3.63, 3.8) is 0 Å². The van der Waals surface area contributed by atoms with E-state index in [2.05, 4.69) is 6.92 Å². The SMILES string of the molecule is C[C@H]1[C@H](OC(=O)CCC(=O)O)O[C@@H]2O[C@](C)(O)CC[C@@H]3C2[C@H]1CC[C@H]3C. The Hall–Kier alpha value is -1.18. The molecule has 0 radical (unpaired) electrons. The molecular weight excluding hydrogens is 340 g/mol. The summed E-state index contributed by atoms with van der Waals surface area (Å²) in [7, 11) is 0. The normalized spacial score (nSPS) is 45.3. The molecule has 2 N–H and O–H groups in total. The quantitative estimate of drug-likeness (QED) is 0.733. The zero-order valence-corrected chi connectivity index (χ0v) is 15.7. The topological polar surface area (TPSA) is 102 Å². The van der Waals surface area contributed by atoms with E-state index in [4.69, 9.17) is 19.3 Å². The fourth-order valence-electron chi connectivity index (χ4n) is 4.98. The van der Waals surface area contributed by atoms with E-state index in [0.717, 1.165) is 19.3 Å². The van der Waals surface area contributed by atoms with Gasteiger partial charge in [-0.25, -0.2) is 0 Å². The standard InChI is InChI=1S/C19H30O7/c1-10-4-5-13-11(2)17(24-15(22)7-6-14(20)21)25-18-16(13)12(10)8-9-19(3,23)26-18/h10-13,16-18,23H,4-9H2,1-3H3,(H,20,21)/t10-,11-,12+,13+,16?,17-,18-,19+/m1/s1. The number of carbonyl (C=O) groups excluding carboxylic acids is 1. The summed E-state index contributed by atoms with van der Waals surface area (Å²) in [6, 6.07) is 0. The highest BCUT2D eigenvalue weighted by atomic mass is 16.8. The van der Waals surface area contributed by atoms with Crippen LogP contribution >= 0.6 is 0 Å². The van der Waals surface area contributed by atoms with Gasteiger partial charge in [-0.05, 0) is 37.5 Å². The molecule has 1 aliphatic carbocycles. The number of carboxylic acids is 1. The maximum atomic E-state index is 12.0. The van der Waals surface area contributed by atoms with E-state index in [9.17, 15) is 14.7 Å². The Kier molecular flexibility index (Phi) is 5.61. The molecule has 2 heterocycles. The maximum Gasteiger partial charge on any atom is 0.308 e. The lowest BCUT2D eigenvalue weighted by molar-refractivity contribution is -0.364. The molecule has 148 valence electrons. The number of carboxylic acid groups (broad SMARTS) is 1. The smallest absolute Gasteiger partial charge is 0.308 e. The molecule has 26 heavy (non-hydrogen) atoms. The van der Waals surface area contributed by atoms with Gasteiger partial charge in [-0.1, -0.05) is 20.3 Å². The van der Waals surface area contributed by atoms with E-state index < -0.39 is 30.3 Å². The second kappa shape index (κ2) is 7.44. The minimum Gasteiger partial charge on any atom is -0.481 e. The monoisotopic (exact) mass is 370 g/mol. The lowest BCUT2D eigenvalue weighted by Gasteiger charge is -2.51. The van der Waals surface area contributed by atoms with Gasteiger partial charge in [0.15, 0.2) is 12.1 Å². The fourth-order valence-corrected chi connectivity index (χ4v) is 4.98. The van der Waals surface area contributed by atoms with Gasteiger partial charge in [0.1, 0.15) is 0 Å². The van der Waals surface area contributed by atoms with E-state index in [-0.39, 0.29) is 24.7 Å². The van der Waals surface area contributed by atoms with Gasteiger partial charge in [-0.15, -0.1) is 0 Å². The Morgan fingerprint density at radius 2 is 1.88 bits per heavy atom. The average Bonchev–Trinajstić information content (AvgIpc) is 2.68. The van der Waals surface area contributed by atoms with Crippen LogP contribution in [-0.2, 0) is 23.8 Å². The van der Waals surface area contributed by atoms with Gasteiger partial charge in [-0.2, -0.15) is 0 Å². The van der Waals surface area contributed by atoms with E-state index in [0.29, 0.717) is 24.2 Å². The second-order valence-electron chi connectivity index (χ2n) is 8.41. The highest BCUT2D eigenvalue weighted by Gasteiger charge is 2.54. The van der Waals surface area contributed by atoms with Gasteiger partial charge < -0.3 is 24.4 Å². The predicted octanol–water partition coefficient (Wildman–Crippen LogP) is 2.51. The minimum absolute atomic E-state index is 0.00618. The Morgan fingerprint density at radius 1 is 1.15 bits per heavy atom. The van der Waals surface area contributed by atoms with E-state index >= 15 is 0 Å². The summed E-state index contributed by atoms with van der Waals surface area (Å²) in [5.74, 6) is -1.44. The van der Waals surface area contributed by atoms with E-state index in [1.165, 1.54) is 0 Å². The van der Waals surface area contributed by atoms with Crippen LogP contribution in [0.2, 0.25) is 0 Å². The zero-order valence-electron chi connectivity index (χ0n) is 15.7. The third-order valence-electron chi connectivity index (χ3n) is 6.46. The summed E-state index contributed by atoms with van der Waals surface area (Å²) < 4.78 is 17.3. The van der Waals surface area contributed by atoms with Crippen LogP contribution < -0.4 is 0 Å². The van der Waals surface area contributed by atoms with Crippen LogP contribution in [0, 0.1) is 29.6 Å². The van der Waals surface area contributed by atoms with Gasteiger partial charge in [0, 0.05) is 18.3 Å². The van der Waals surface area contributed by atoms with Crippen molar-refractivity contribution in [2.75, 3.05) is 0 Å². The van der Waals surface area contributed by atoms with Crippen molar-refractivity contribution in [1.29, 1.82) is 0 Å². The first-order valence-electron chi connectivity index (χ1n) is 9.65. The van der Waals surface area contributed by atoms with Crippen LogP contribution in [0.1, 0.15) is 59.3 Å². The molecular formula is C19H30O7. The molecule has 2 aliphatic heterocycles. The number of esters is 1. The van der Waals surface area contributed by atoms with Gasteiger partial charge >= 0.3 is 11.9 Å². The molecule has 3 aliphatic rings. The summed E-state index contributed by atoms with van der Waals surface area (Å²) in [6.07, 6.45) is 1.74. The molecule has 3 rings (SSSR count). The first-order chi connectivity index (χ1) is 12.2. The molecule has 0 aromatic carbocycles. The van der Waals surface area contributed by atoms with Gasteiger partial charge in [0.25, 0.3) is 0 Å². The van der Waals surface area contributed by atoms with Crippen LogP contribution in [0.15, 0.2) is 0 Å². The van der Waals surface area contributed by atoms with Crippen molar-refractivity contribution in [3.05, 3.63) is 0 Å². The van der Waals surface area contributed by atoms with Gasteiger partial charge in [-0.3, -0.25) is 9.59 Å². The van der Waals surface area contributed by atoms with Crippen LogP contribution in [0.5, 0.6) is 0 Å². The number of hydrogen-bond acceptors (Lipinski definition) is 6. The third kappa shape index (κ3) is 4.05. The first kappa shape index (κ1) is 19.6. The van der Waals surface area contributed by atoms with Crippen molar-refractivity contribution < 1.29 is 34.0 Å². The molecule has 0 bridgehead atoms. The molecule has 1 saturated carbocycles. The molecule has 0 aromatic heterocycles. The largest absolute Gasteiger partial charge is 0.481 e. The molecule has 0 aromatic rings. The lowest BCUT2D eigenvalue weighted by atomic mass is 9.61. The summed E-state index contributed by atoms with van der Waals surface area (Å²) in [5, 5.41) is 19.2. The minimum atomic E-state index is -1.26. The average molecular weight is 370 g/mol. The summed E-state index contributed by atoms with van der Waals surface area (Å²) in [6.45, 7) is 5.92. The molecule has 7 nitrogen and oxygen atoms in total. The van der Waals surface area contributed by atoms with Crippen molar-refractivity contribution in [2.45, 2.75) is 77.7 Å². The second-order valence-corrected chi connectivity index (χ2v) is 8.41. The zero-order chi connectivity index (χ0) is 19.1.